The first-order chi connectivity index (χ1) is 12.6. The number of carbonyl (C=O) groups excluding carboxylic acids is 2. The number of halogens is 3. The van der Waals surface area contributed by atoms with E-state index in [4.69, 9.17) is 0 Å². The van der Waals surface area contributed by atoms with E-state index in [0.29, 0.717) is 19.6 Å². The van der Waals surface area contributed by atoms with Gasteiger partial charge in [0, 0.05) is 30.9 Å². The maximum Gasteiger partial charge on any atom is 0.416 e. The summed E-state index contributed by atoms with van der Waals surface area (Å²) in [5, 5.41) is 2.07. The van der Waals surface area contributed by atoms with Crippen molar-refractivity contribution in [1.82, 2.24) is 9.80 Å². The summed E-state index contributed by atoms with van der Waals surface area (Å²) in [7, 11) is 1.94. The average Bonchev–Trinajstić information content (AvgIpc) is 2.83. The van der Waals surface area contributed by atoms with Gasteiger partial charge in [-0.2, -0.15) is 24.9 Å². The van der Waals surface area contributed by atoms with Crippen LogP contribution in [0.4, 0.5) is 18.9 Å². The van der Waals surface area contributed by atoms with Crippen LogP contribution in [0.5, 0.6) is 0 Å². The SMILES string of the molecule is CSC(C)C(=O)Nc1cc(C(=O)N2CCCN(C)CC2)cc(C(F)(F)F)c1. The van der Waals surface area contributed by atoms with Gasteiger partial charge in [0.1, 0.15) is 0 Å². The molecule has 1 fully saturated rings. The van der Waals surface area contributed by atoms with E-state index in [9.17, 15) is 22.8 Å². The van der Waals surface area contributed by atoms with Crippen molar-refractivity contribution in [2.24, 2.45) is 0 Å². The van der Waals surface area contributed by atoms with Crippen molar-refractivity contribution >= 4 is 29.3 Å². The molecule has 0 aliphatic carbocycles. The topological polar surface area (TPSA) is 52.7 Å². The average molecular weight is 403 g/mol. The lowest BCUT2D eigenvalue weighted by molar-refractivity contribution is -0.137. The molecule has 27 heavy (non-hydrogen) atoms. The van der Waals surface area contributed by atoms with E-state index < -0.39 is 28.8 Å². The Kier molecular flexibility index (Phi) is 7.16. The van der Waals surface area contributed by atoms with Crippen LogP contribution >= 0.6 is 11.8 Å². The van der Waals surface area contributed by atoms with Gasteiger partial charge in [-0.3, -0.25) is 9.59 Å². The predicted octanol–water partition coefficient (Wildman–Crippen LogP) is 3.17. The van der Waals surface area contributed by atoms with Crippen LogP contribution in [0.15, 0.2) is 18.2 Å². The van der Waals surface area contributed by atoms with Crippen molar-refractivity contribution in [3.8, 4) is 0 Å². The van der Waals surface area contributed by atoms with Gasteiger partial charge in [0.2, 0.25) is 5.91 Å². The highest BCUT2D eigenvalue weighted by molar-refractivity contribution is 7.99. The Morgan fingerprint density at radius 2 is 1.85 bits per heavy atom. The zero-order valence-electron chi connectivity index (χ0n) is 15.6. The van der Waals surface area contributed by atoms with E-state index >= 15 is 0 Å². The van der Waals surface area contributed by atoms with E-state index in [1.54, 1.807) is 18.1 Å². The van der Waals surface area contributed by atoms with Crippen molar-refractivity contribution < 1.29 is 22.8 Å². The van der Waals surface area contributed by atoms with E-state index in [-0.39, 0.29) is 11.3 Å². The molecule has 1 aliphatic heterocycles. The molecule has 1 unspecified atom stereocenters. The summed E-state index contributed by atoms with van der Waals surface area (Å²) in [6.45, 7) is 4.11. The zero-order chi connectivity index (χ0) is 20.2. The third-order valence-corrected chi connectivity index (χ3v) is 5.43. The second-order valence-corrected chi connectivity index (χ2v) is 7.79. The van der Waals surface area contributed by atoms with Gasteiger partial charge < -0.3 is 15.1 Å². The van der Waals surface area contributed by atoms with Crippen LogP contribution in [0, 0.1) is 0 Å². The molecule has 2 rings (SSSR count). The van der Waals surface area contributed by atoms with Crippen molar-refractivity contribution in [2.45, 2.75) is 24.8 Å². The van der Waals surface area contributed by atoms with Crippen LogP contribution in [0.25, 0.3) is 0 Å². The summed E-state index contributed by atoms with van der Waals surface area (Å²) in [5.74, 6) is -0.860. The summed E-state index contributed by atoms with van der Waals surface area (Å²) >= 11 is 1.28. The smallest absolute Gasteiger partial charge is 0.337 e. The van der Waals surface area contributed by atoms with E-state index in [0.717, 1.165) is 25.1 Å². The summed E-state index contributed by atoms with van der Waals surface area (Å²) < 4.78 is 39.9. The first-order valence-electron chi connectivity index (χ1n) is 8.65. The molecule has 0 aromatic heterocycles. The molecular weight excluding hydrogens is 379 g/mol. The normalized spacial score (nSPS) is 17.3. The number of likely N-dealkylation sites (N-methyl/N-ethyl adjacent to an activating group) is 1. The second-order valence-electron chi connectivity index (χ2n) is 6.61. The molecule has 9 heteroatoms. The lowest BCUT2D eigenvalue weighted by Gasteiger charge is -2.22. The van der Waals surface area contributed by atoms with Gasteiger partial charge in [-0.25, -0.2) is 0 Å². The number of benzene rings is 1. The number of amides is 2. The molecule has 1 atom stereocenters. The highest BCUT2D eigenvalue weighted by atomic mass is 32.2. The number of rotatable bonds is 4. The summed E-state index contributed by atoms with van der Waals surface area (Å²) in [6, 6.07) is 3.03. The molecule has 0 spiro atoms. The van der Waals surface area contributed by atoms with Crippen LogP contribution < -0.4 is 5.32 Å². The Hall–Kier alpha value is -1.74. The zero-order valence-corrected chi connectivity index (χ0v) is 16.4. The fourth-order valence-electron chi connectivity index (χ4n) is 2.77. The molecule has 5 nitrogen and oxygen atoms in total. The molecule has 0 bridgehead atoms. The van der Waals surface area contributed by atoms with E-state index in [1.165, 1.54) is 17.8 Å². The number of nitrogens with zero attached hydrogens (tertiary/aromatic N) is 2. The van der Waals surface area contributed by atoms with Gasteiger partial charge in [-0.05, 0) is 51.4 Å². The third kappa shape index (κ3) is 5.87. The maximum absolute atomic E-state index is 13.3. The van der Waals surface area contributed by atoms with Crippen molar-refractivity contribution in [2.75, 3.05) is 44.8 Å². The van der Waals surface area contributed by atoms with Gasteiger partial charge in [0.05, 0.1) is 10.8 Å². The third-order valence-electron chi connectivity index (χ3n) is 4.50. The molecule has 1 aliphatic rings. The van der Waals surface area contributed by atoms with Crippen molar-refractivity contribution in [3.63, 3.8) is 0 Å². The molecule has 2 amide bonds. The Balaban J connectivity index is 2.32. The van der Waals surface area contributed by atoms with Crippen LogP contribution in [0.2, 0.25) is 0 Å². The molecule has 0 radical (unpaired) electrons. The minimum Gasteiger partial charge on any atom is -0.337 e. The highest BCUT2D eigenvalue weighted by Crippen LogP contribution is 2.32. The summed E-state index contributed by atoms with van der Waals surface area (Å²) in [6.07, 6.45) is -2.11. The van der Waals surface area contributed by atoms with Crippen molar-refractivity contribution in [1.29, 1.82) is 0 Å². The standard InChI is InChI=1S/C18H24F3N3O2S/c1-12(27-3)16(25)22-15-10-13(9-14(11-15)18(19,20)21)17(26)24-6-4-5-23(2)7-8-24/h9-12H,4-8H2,1-3H3,(H,22,25). The van der Waals surface area contributed by atoms with Crippen molar-refractivity contribution in [3.05, 3.63) is 29.3 Å². The number of hydrogen-bond acceptors (Lipinski definition) is 4. The van der Waals surface area contributed by atoms with Gasteiger partial charge in [-0.15, -0.1) is 0 Å². The quantitative estimate of drug-likeness (QED) is 0.839. The van der Waals surface area contributed by atoms with Crippen LogP contribution in [-0.4, -0.2) is 66.3 Å². The van der Waals surface area contributed by atoms with Gasteiger partial charge >= 0.3 is 6.18 Å². The molecule has 1 heterocycles. The number of carbonyl (C=O) groups is 2. The van der Waals surface area contributed by atoms with Gasteiger partial charge in [0.15, 0.2) is 0 Å². The minimum atomic E-state index is -4.61. The Labute approximate surface area is 161 Å². The number of thioether (sulfide) groups is 1. The first-order valence-corrected chi connectivity index (χ1v) is 9.94. The fraction of sp³-hybridized carbons (Fsp3) is 0.556. The highest BCUT2D eigenvalue weighted by Gasteiger charge is 2.33. The molecule has 150 valence electrons. The Morgan fingerprint density at radius 1 is 1.15 bits per heavy atom. The predicted molar refractivity (Wildman–Crippen MR) is 101 cm³/mol. The summed E-state index contributed by atoms with van der Waals surface area (Å²) in [5.41, 5.74) is -1.04. The monoisotopic (exact) mass is 403 g/mol. The Morgan fingerprint density at radius 3 is 2.48 bits per heavy atom. The molecular formula is C18H24F3N3O2S. The molecule has 1 saturated heterocycles. The number of hydrogen-bond donors (Lipinski definition) is 1. The fourth-order valence-corrected chi connectivity index (χ4v) is 3.04. The van der Waals surface area contributed by atoms with Crippen LogP contribution in [0.1, 0.15) is 29.3 Å². The maximum atomic E-state index is 13.3. The van der Waals surface area contributed by atoms with Gasteiger partial charge in [-0.1, -0.05) is 0 Å². The van der Waals surface area contributed by atoms with E-state index in [2.05, 4.69) is 10.2 Å². The molecule has 1 aromatic rings. The van der Waals surface area contributed by atoms with Crippen LogP contribution in [-0.2, 0) is 11.0 Å². The van der Waals surface area contributed by atoms with E-state index in [1.807, 2.05) is 7.05 Å². The number of nitrogens with one attached hydrogen (secondary N) is 1. The Bertz CT molecular complexity index is 697. The number of alkyl halides is 3. The number of anilines is 1. The summed E-state index contributed by atoms with van der Waals surface area (Å²) in [4.78, 5) is 28.5. The van der Waals surface area contributed by atoms with Gasteiger partial charge in [0.25, 0.3) is 5.91 Å². The molecule has 0 saturated carbocycles. The molecule has 1 aromatic carbocycles. The van der Waals surface area contributed by atoms with Crippen LogP contribution in [0.3, 0.4) is 0 Å². The first kappa shape index (κ1) is 21.6. The molecule has 1 N–H and O–H groups in total. The lowest BCUT2D eigenvalue weighted by atomic mass is 10.1. The second kappa shape index (κ2) is 8.97. The minimum absolute atomic E-state index is 0.0222. The lowest BCUT2D eigenvalue weighted by Crippen LogP contribution is -2.34. The largest absolute Gasteiger partial charge is 0.416 e.